The molecule has 2 aromatic carbocycles. The molecule has 5 heterocycles. The van der Waals surface area contributed by atoms with E-state index in [1.165, 1.54) is 4.90 Å². The van der Waals surface area contributed by atoms with Gasteiger partial charge in [-0.1, -0.05) is 75.7 Å². The van der Waals surface area contributed by atoms with Gasteiger partial charge in [-0.3, -0.25) is 28.7 Å². The van der Waals surface area contributed by atoms with Gasteiger partial charge >= 0.3 is 0 Å². The van der Waals surface area contributed by atoms with Crippen LogP contribution in [0.1, 0.15) is 110 Å². The Labute approximate surface area is 422 Å². The summed E-state index contributed by atoms with van der Waals surface area (Å²) in [7, 11) is 0. The van der Waals surface area contributed by atoms with E-state index in [0.717, 1.165) is 59.8 Å². The minimum atomic E-state index is -0.986. The number of amides is 4. The number of aliphatic hydroxyl groups is 1. The van der Waals surface area contributed by atoms with Crippen molar-refractivity contribution in [3.63, 3.8) is 0 Å². The lowest BCUT2D eigenvalue weighted by Gasteiger charge is -2.35. The first kappa shape index (κ1) is 52.5. The Bertz CT molecular complexity index is 2690. The number of ether oxygens (including phenoxy) is 2. The number of aliphatic hydroxyl groups excluding tert-OH is 1. The number of fused-ring (bicyclic) bond motifs is 3. The SMILES string of the molecule is CC[C@@H](C(=O)NCCOCCCOCC(=O)N[C@H](C(=O)N1C[C@H](O)C[C@H]1C(=O)N[C@@H](C)c1ccc(-c2scnc2C)cc1)C(C)(C)C)[C@@H]1N=C(c2ccc(Cl)cc2)c2c(sc(C)c2C)-n2c(C)nnc21. The first-order valence-corrected chi connectivity index (χ1v) is 25.8. The van der Waals surface area contributed by atoms with Crippen LogP contribution in [0.4, 0.5) is 0 Å². The van der Waals surface area contributed by atoms with Crippen molar-refractivity contribution in [1.29, 1.82) is 0 Å². The van der Waals surface area contributed by atoms with Crippen molar-refractivity contribution in [2.75, 3.05) is 39.5 Å². The van der Waals surface area contributed by atoms with Gasteiger partial charge in [-0.25, -0.2) is 4.98 Å². The molecule has 7 rings (SSSR count). The summed E-state index contributed by atoms with van der Waals surface area (Å²) in [5, 5.41) is 30.2. The van der Waals surface area contributed by atoms with Gasteiger partial charge in [0.05, 0.1) is 46.5 Å². The number of benzene rings is 2. The van der Waals surface area contributed by atoms with E-state index in [1.807, 2.05) is 107 Å². The normalized spacial score (nSPS) is 18.0. The summed E-state index contributed by atoms with van der Waals surface area (Å²) in [5.41, 5.74) is 7.77. The first-order valence-electron chi connectivity index (χ1n) is 23.8. The van der Waals surface area contributed by atoms with Gasteiger partial charge in [0.1, 0.15) is 35.6 Å². The number of aryl methyl sites for hydroxylation is 3. The van der Waals surface area contributed by atoms with Gasteiger partial charge in [-0.2, -0.15) is 0 Å². The second-order valence-corrected chi connectivity index (χ2v) is 21.5. The van der Waals surface area contributed by atoms with Gasteiger partial charge in [0.2, 0.25) is 23.6 Å². The fourth-order valence-electron chi connectivity index (χ4n) is 8.90. The summed E-state index contributed by atoms with van der Waals surface area (Å²) in [6.45, 7) is 18.2. The summed E-state index contributed by atoms with van der Waals surface area (Å²) in [6.07, 6.45) is 0.182. The molecule has 0 bridgehead atoms. The molecule has 0 unspecified atom stereocenters. The molecule has 6 atom stereocenters. The number of aliphatic imine (C=N–C) groups is 1. The monoisotopic (exact) mass is 1010 g/mol. The van der Waals surface area contributed by atoms with Crippen molar-refractivity contribution in [1.82, 2.24) is 40.6 Å². The second-order valence-electron chi connectivity index (χ2n) is 19.0. The zero-order chi connectivity index (χ0) is 50.4. The number of thiazole rings is 1. The van der Waals surface area contributed by atoms with Gasteiger partial charge in [0.25, 0.3) is 0 Å². The highest BCUT2D eigenvalue weighted by molar-refractivity contribution is 7.15. The van der Waals surface area contributed by atoms with E-state index < -0.39 is 47.4 Å². The number of rotatable bonds is 19. The Morgan fingerprint density at radius 1 is 0.943 bits per heavy atom. The van der Waals surface area contributed by atoms with Crippen molar-refractivity contribution >= 4 is 63.6 Å². The van der Waals surface area contributed by atoms with E-state index in [0.29, 0.717) is 30.3 Å². The van der Waals surface area contributed by atoms with Gasteiger partial charge in [-0.05, 0) is 81.7 Å². The first-order chi connectivity index (χ1) is 33.4. The zero-order valence-electron chi connectivity index (χ0n) is 41.3. The van der Waals surface area contributed by atoms with E-state index in [1.54, 1.807) is 22.7 Å². The Balaban J connectivity index is 0.862. The summed E-state index contributed by atoms with van der Waals surface area (Å²) >= 11 is 9.51. The van der Waals surface area contributed by atoms with E-state index in [-0.39, 0.29) is 57.2 Å². The second kappa shape index (κ2) is 22.8. The molecule has 0 aliphatic carbocycles. The van der Waals surface area contributed by atoms with Crippen LogP contribution in [-0.2, 0) is 28.7 Å². The Morgan fingerprint density at radius 3 is 2.31 bits per heavy atom. The summed E-state index contributed by atoms with van der Waals surface area (Å²) in [6, 6.07) is 12.6. The average molecular weight is 1010 g/mol. The minimum absolute atomic E-state index is 0.0310. The van der Waals surface area contributed by atoms with Crippen LogP contribution in [0.15, 0.2) is 59.0 Å². The number of likely N-dealkylation sites (tertiary alicyclic amines) is 1. The molecular weight excluding hydrogens is 950 g/mol. The molecule has 1 fully saturated rings. The van der Waals surface area contributed by atoms with Crippen LogP contribution in [-0.4, -0.2) is 117 Å². The highest BCUT2D eigenvalue weighted by atomic mass is 35.5. The fraction of sp³-hybridized carbons (Fsp3) is 0.490. The van der Waals surface area contributed by atoms with Gasteiger partial charge in [0, 0.05) is 53.8 Å². The lowest BCUT2D eigenvalue weighted by Crippen LogP contribution is -2.58. The molecule has 0 spiro atoms. The molecule has 3 aromatic heterocycles. The summed E-state index contributed by atoms with van der Waals surface area (Å²) in [4.78, 5) is 68.1. The predicted molar refractivity (Wildman–Crippen MR) is 273 cm³/mol. The Kier molecular flexibility index (Phi) is 17.1. The van der Waals surface area contributed by atoms with E-state index in [2.05, 4.69) is 45.0 Å². The predicted octanol–water partition coefficient (Wildman–Crippen LogP) is 7.17. The van der Waals surface area contributed by atoms with Gasteiger partial charge in [-0.15, -0.1) is 32.9 Å². The van der Waals surface area contributed by atoms with Crippen molar-refractivity contribution in [2.45, 2.75) is 112 Å². The van der Waals surface area contributed by atoms with Gasteiger partial charge < -0.3 is 35.4 Å². The molecule has 4 amide bonds. The van der Waals surface area contributed by atoms with E-state index in [4.69, 9.17) is 26.1 Å². The maximum atomic E-state index is 14.1. The molecule has 2 aliphatic heterocycles. The smallest absolute Gasteiger partial charge is 0.246 e. The number of β-amino-alcohol motifs (C(OH)–C–C–N with tert-alkyl or cyclic N) is 1. The van der Waals surface area contributed by atoms with Gasteiger partial charge in [0.15, 0.2) is 5.82 Å². The number of hydrogen-bond acceptors (Lipinski definition) is 13. The van der Waals surface area contributed by atoms with Crippen LogP contribution < -0.4 is 16.0 Å². The van der Waals surface area contributed by atoms with Crippen molar-refractivity contribution in [2.24, 2.45) is 16.3 Å². The van der Waals surface area contributed by atoms with E-state index in [9.17, 15) is 24.3 Å². The number of nitrogens with zero attached hydrogens (tertiary/aromatic N) is 6. The molecule has 5 aromatic rings. The maximum absolute atomic E-state index is 14.1. The lowest BCUT2D eigenvalue weighted by atomic mass is 9.85. The third-order valence-corrected chi connectivity index (χ3v) is 15.3. The van der Waals surface area contributed by atoms with Crippen LogP contribution in [0.2, 0.25) is 5.02 Å². The lowest BCUT2D eigenvalue weighted by molar-refractivity contribution is -0.144. The maximum Gasteiger partial charge on any atom is 0.246 e. The number of carbonyl (C=O) groups is 4. The Morgan fingerprint density at radius 2 is 1.64 bits per heavy atom. The van der Waals surface area contributed by atoms with Crippen LogP contribution in [0, 0.1) is 39.0 Å². The molecule has 19 heteroatoms. The fourth-order valence-corrected chi connectivity index (χ4v) is 11.1. The molecule has 16 nitrogen and oxygen atoms in total. The molecule has 70 heavy (non-hydrogen) atoms. The van der Waals surface area contributed by atoms with Crippen molar-refractivity contribution in [3.05, 3.63) is 104 Å². The largest absolute Gasteiger partial charge is 0.391 e. The molecular formula is C51H64ClN9O7S2. The van der Waals surface area contributed by atoms with Crippen LogP contribution in [0.3, 0.4) is 0 Å². The standard InChI is InChI=1S/C51H64ClN9O7S2/c1-10-38(43-46-59-58-32(6)61(46)50-41(28(2)31(5)70-50)42(57-43)34-16-18-36(52)19-17-34)47(64)53-20-23-67-21-11-22-68-26-40(63)56-45(51(7,8)9)49(66)60-25-37(62)24-39(60)48(65)55-29(3)33-12-14-35(15-13-33)44-30(4)54-27-69-44/h12-19,27,29,37-39,43,45,62H,10-11,20-26H2,1-9H3,(H,53,64)(H,55,65)(H,56,63)/t29-,37+,38+,39-,43-,45+/m0/s1. The van der Waals surface area contributed by atoms with Crippen molar-refractivity contribution < 1.29 is 33.8 Å². The third-order valence-electron chi connectivity index (χ3n) is 12.9. The molecule has 1 saturated heterocycles. The topological polar surface area (TPSA) is 202 Å². The number of aromatic nitrogens is 4. The highest BCUT2D eigenvalue weighted by Gasteiger charge is 2.45. The highest BCUT2D eigenvalue weighted by Crippen LogP contribution is 2.41. The number of halogens is 1. The minimum Gasteiger partial charge on any atom is -0.391 e. The summed E-state index contributed by atoms with van der Waals surface area (Å²) < 4.78 is 13.5. The van der Waals surface area contributed by atoms with Crippen molar-refractivity contribution in [3.8, 4) is 15.4 Å². The van der Waals surface area contributed by atoms with Crippen LogP contribution >= 0.6 is 34.3 Å². The molecule has 0 radical (unpaired) electrons. The quantitative estimate of drug-likeness (QED) is 0.0615. The third kappa shape index (κ3) is 11.9. The Hall–Kier alpha value is -5.37. The van der Waals surface area contributed by atoms with E-state index >= 15 is 0 Å². The number of thiophene rings is 1. The number of nitrogens with one attached hydrogen (secondary N) is 3. The molecule has 4 N–H and O–H groups in total. The number of carbonyl (C=O) groups excluding carboxylic acids is 4. The molecule has 374 valence electrons. The zero-order valence-corrected chi connectivity index (χ0v) is 43.7. The summed E-state index contributed by atoms with van der Waals surface area (Å²) in [5.74, 6) is -0.699. The van der Waals surface area contributed by atoms with Crippen LogP contribution in [0.5, 0.6) is 0 Å². The molecule has 2 aliphatic rings. The average Bonchev–Trinajstić information content (AvgIpc) is 4.09. The molecule has 0 saturated carbocycles. The van der Waals surface area contributed by atoms with Crippen LogP contribution in [0.25, 0.3) is 15.4 Å². The number of hydrogen-bond donors (Lipinski definition) is 4.